The van der Waals surface area contributed by atoms with E-state index in [0.29, 0.717) is 18.0 Å². The molecule has 0 saturated heterocycles. The Balaban J connectivity index is 2.19. The molecule has 0 heterocycles. The molecule has 0 aliphatic heterocycles. The first kappa shape index (κ1) is 15.3. The van der Waals surface area contributed by atoms with Gasteiger partial charge in [-0.25, -0.2) is 0 Å². The molecule has 0 aromatic heterocycles. The first-order valence-corrected chi connectivity index (χ1v) is 7.12. The van der Waals surface area contributed by atoms with Crippen molar-refractivity contribution in [3.05, 3.63) is 62.1 Å². The molecule has 0 bridgehead atoms. The molecular weight excluding hydrogens is 336 g/mol. The number of methoxy groups -OCH3 is 1. The molecule has 6 heteroatoms. The number of nitro groups is 1. The average Bonchev–Trinajstić information content (AvgIpc) is 2.48. The average molecular weight is 351 g/mol. The minimum absolute atomic E-state index is 0.000488. The maximum absolute atomic E-state index is 11.1. The van der Waals surface area contributed by atoms with Crippen molar-refractivity contribution in [2.45, 2.75) is 13.5 Å². The normalized spacial score (nSPS) is 10.2. The van der Waals surface area contributed by atoms with Gasteiger partial charge in [0.25, 0.3) is 5.69 Å². The van der Waals surface area contributed by atoms with Gasteiger partial charge in [-0.2, -0.15) is 0 Å². The fourth-order valence-electron chi connectivity index (χ4n) is 1.88. The fourth-order valence-corrected chi connectivity index (χ4v) is 2.31. The number of nitrogens with zero attached hydrogens (tertiary/aromatic N) is 1. The second-order valence-electron chi connectivity index (χ2n) is 4.58. The van der Waals surface area contributed by atoms with Crippen LogP contribution in [0, 0.1) is 17.0 Å². The lowest BCUT2D eigenvalue weighted by atomic mass is 10.1. The molecule has 0 aliphatic rings. The van der Waals surface area contributed by atoms with Gasteiger partial charge in [-0.3, -0.25) is 10.1 Å². The van der Waals surface area contributed by atoms with E-state index in [0.717, 1.165) is 15.6 Å². The number of aryl methyl sites for hydroxylation is 1. The molecule has 2 aromatic rings. The van der Waals surface area contributed by atoms with Crippen LogP contribution in [0.3, 0.4) is 0 Å². The highest BCUT2D eigenvalue weighted by Gasteiger charge is 2.14. The highest BCUT2D eigenvalue weighted by atomic mass is 79.9. The number of nitrogens with one attached hydrogen (secondary N) is 1. The van der Waals surface area contributed by atoms with Crippen molar-refractivity contribution in [1.29, 1.82) is 0 Å². The van der Waals surface area contributed by atoms with Crippen LogP contribution in [0.4, 0.5) is 11.4 Å². The smallest absolute Gasteiger partial charge is 0.296 e. The number of nitro benzene ring substituents is 1. The van der Waals surface area contributed by atoms with E-state index in [9.17, 15) is 10.1 Å². The van der Waals surface area contributed by atoms with Crippen LogP contribution in [-0.2, 0) is 6.54 Å². The Bertz CT molecular complexity index is 674. The molecule has 0 fully saturated rings. The maximum atomic E-state index is 11.1. The lowest BCUT2D eigenvalue weighted by Gasteiger charge is -2.09. The number of rotatable bonds is 5. The molecule has 2 rings (SSSR count). The number of benzene rings is 2. The van der Waals surface area contributed by atoms with Gasteiger partial charge in [0, 0.05) is 11.0 Å². The standard InChI is InChI=1S/C15H15BrN2O3/c1-10-3-4-11(7-13(10)16)9-17-14-6-5-12(21-2)8-15(14)18(19)20/h3-8,17H,9H2,1-2H3. The Labute approximate surface area is 131 Å². The summed E-state index contributed by atoms with van der Waals surface area (Å²) in [6.07, 6.45) is 0. The third-order valence-corrected chi connectivity index (χ3v) is 3.98. The van der Waals surface area contributed by atoms with E-state index in [1.54, 1.807) is 12.1 Å². The Morgan fingerprint density at radius 2 is 2.05 bits per heavy atom. The molecule has 0 unspecified atom stereocenters. The van der Waals surface area contributed by atoms with E-state index in [4.69, 9.17) is 4.74 Å². The number of ether oxygens (including phenoxy) is 1. The SMILES string of the molecule is COc1ccc(NCc2ccc(C)c(Br)c2)c([N+](=O)[O-])c1. The van der Waals surface area contributed by atoms with Crippen LogP contribution < -0.4 is 10.1 Å². The largest absolute Gasteiger partial charge is 0.496 e. The van der Waals surface area contributed by atoms with Gasteiger partial charge < -0.3 is 10.1 Å². The molecule has 0 atom stereocenters. The zero-order chi connectivity index (χ0) is 15.4. The van der Waals surface area contributed by atoms with Crippen molar-refractivity contribution in [1.82, 2.24) is 0 Å². The van der Waals surface area contributed by atoms with Crippen molar-refractivity contribution in [3.63, 3.8) is 0 Å². The second kappa shape index (κ2) is 6.58. The van der Waals surface area contributed by atoms with Crippen LogP contribution in [0.25, 0.3) is 0 Å². The minimum Gasteiger partial charge on any atom is -0.496 e. The Hall–Kier alpha value is -2.08. The van der Waals surface area contributed by atoms with Crippen LogP contribution >= 0.6 is 15.9 Å². The second-order valence-corrected chi connectivity index (χ2v) is 5.43. The van der Waals surface area contributed by atoms with Crippen LogP contribution in [-0.4, -0.2) is 12.0 Å². The lowest BCUT2D eigenvalue weighted by molar-refractivity contribution is -0.384. The summed E-state index contributed by atoms with van der Waals surface area (Å²) in [4.78, 5) is 10.7. The Kier molecular flexibility index (Phi) is 4.80. The Morgan fingerprint density at radius 1 is 1.29 bits per heavy atom. The van der Waals surface area contributed by atoms with E-state index in [2.05, 4.69) is 21.2 Å². The quantitative estimate of drug-likeness (QED) is 0.645. The van der Waals surface area contributed by atoms with Gasteiger partial charge in [-0.15, -0.1) is 0 Å². The van der Waals surface area contributed by atoms with E-state index in [-0.39, 0.29) is 5.69 Å². The lowest BCUT2D eigenvalue weighted by Crippen LogP contribution is -2.03. The predicted molar refractivity (Wildman–Crippen MR) is 85.9 cm³/mol. The van der Waals surface area contributed by atoms with Gasteiger partial charge in [0.1, 0.15) is 11.4 Å². The molecule has 21 heavy (non-hydrogen) atoms. The van der Waals surface area contributed by atoms with E-state index >= 15 is 0 Å². The number of hydrogen-bond acceptors (Lipinski definition) is 4. The molecule has 1 N–H and O–H groups in total. The van der Waals surface area contributed by atoms with Gasteiger partial charge in [0.15, 0.2) is 0 Å². The van der Waals surface area contributed by atoms with Crippen LogP contribution in [0.1, 0.15) is 11.1 Å². The van der Waals surface area contributed by atoms with Crippen LogP contribution in [0.2, 0.25) is 0 Å². The van der Waals surface area contributed by atoms with Gasteiger partial charge in [-0.1, -0.05) is 28.1 Å². The third-order valence-electron chi connectivity index (χ3n) is 3.12. The topological polar surface area (TPSA) is 64.4 Å². The Morgan fingerprint density at radius 3 is 2.67 bits per heavy atom. The molecule has 2 aromatic carbocycles. The summed E-state index contributed by atoms with van der Waals surface area (Å²) < 4.78 is 6.03. The van der Waals surface area contributed by atoms with Gasteiger partial charge in [0.2, 0.25) is 0 Å². The van der Waals surface area contributed by atoms with Crippen molar-refractivity contribution < 1.29 is 9.66 Å². The summed E-state index contributed by atoms with van der Waals surface area (Å²) in [6.45, 7) is 2.52. The van der Waals surface area contributed by atoms with Crippen LogP contribution in [0.15, 0.2) is 40.9 Å². The van der Waals surface area contributed by atoms with Gasteiger partial charge in [0.05, 0.1) is 18.1 Å². The zero-order valence-electron chi connectivity index (χ0n) is 11.7. The monoisotopic (exact) mass is 350 g/mol. The molecule has 0 saturated carbocycles. The number of hydrogen-bond donors (Lipinski definition) is 1. The van der Waals surface area contributed by atoms with Crippen LogP contribution in [0.5, 0.6) is 5.75 Å². The third kappa shape index (κ3) is 3.72. The van der Waals surface area contributed by atoms with Gasteiger partial charge >= 0.3 is 0 Å². The van der Waals surface area contributed by atoms with E-state index in [1.165, 1.54) is 13.2 Å². The highest BCUT2D eigenvalue weighted by Crippen LogP contribution is 2.29. The number of halogens is 1. The number of anilines is 1. The highest BCUT2D eigenvalue weighted by molar-refractivity contribution is 9.10. The van der Waals surface area contributed by atoms with Crippen molar-refractivity contribution >= 4 is 27.3 Å². The molecule has 0 radical (unpaired) electrons. The summed E-state index contributed by atoms with van der Waals surface area (Å²) in [5.74, 6) is 0.463. The van der Waals surface area contributed by atoms with Gasteiger partial charge in [-0.05, 0) is 36.2 Å². The molecule has 5 nitrogen and oxygen atoms in total. The summed E-state index contributed by atoms with van der Waals surface area (Å²) in [5.41, 5.74) is 2.66. The first-order chi connectivity index (χ1) is 10.0. The molecule has 0 spiro atoms. The van der Waals surface area contributed by atoms with E-state index < -0.39 is 4.92 Å². The first-order valence-electron chi connectivity index (χ1n) is 6.32. The predicted octanol–water partition coefficient (Wildman–Crippen LogP) is 4.29. The maximum Gasteiger partial charge on any atom is 0.296 e. The molecular formula is C15H15BrN2O3. The molecule has 110 valence electrons. The molecule has 0 amide bonds. The summed E-state index contributed by atoms with van der Waals surface area (Å²) in [7, 11) is 1.48. The van der Waals surface area contributed by atoms with E-state index in [1.807, 2.05) is 25.1 Å². The summed E-state index contributed by atoms with van der Waals surface area (Å²) >= 11 is 3.48. The van der Waals surface area contributed by atoms with Crippen molar-refractivity contribution in [3.8, 4) is 5.75 Å². The molecule has 0 aliphatic carbocycles. The summed E-state index contributed by atoms with van der Waals surface area (Å²) in [6, 6.07) is 10.7. The van der Waals surface area contributed by atoms with Crippen molar-refractivity contribution in [2.75, 3.05) is 12.4 Å². The van der Waals surface area contributed by atoms with Crippen molar-refractivity contribution in [2.24, 2.45) is 0 Å². The minimum atomic E-state index is -0.421. The zero-order valence-corrected chi connectivity index (χ0v) is 13.3. The fraction of sp³-hybridized carbons (Fsp3) is 0.200. The summed E-state index contributed by atoms with van der Waals surface area (Å²) in [5, 5.41) is 14.2.